The van der Waals surface area contributed by atoms with Crippen LogP contribution < -0.4 is 20.9 Å². The number of aliphatic hydroxyl groups excluding tert-OH is 1. The van der Waals surface area contributed by atoms with Crippen molar-refractivity contribution >= 4 is 22.9 Å². The second-order valence-electron chi connectivity index (χ2n) is 16.9. The molecule has 2 bridgehead atoms. The number of H-pyrrole nitrogens is 1. The van der Waals surface area contributed by atoms with Gasteiger partial charge in [-0.2, -0.15) is 0 Å². The quantitative estimate of drug-likeness (QED) is 0.0620. The van der Waals surface area contributed by atoms with Crippen LogP contribution in [0.2, 0.25) is 0 Å². The van der Waals surface area contributed by atoms with Gasteiger partial charge in [-0.3, -0.25) is 14.5 Å². The number of ether oxygens (including phenoxy) is 2. The van der Waals surface area contributed by atoms with E-state index in [9.17, 15) is 24.6 Å². The molecule has 3 aliphatic heterocycles. The number of aromatic amines is 1. The number of benzene rings is 4. The van der Waals surface area contributed by atoms with E-state index in [4.69, 9.17) is 9.47 Å². The van der Waals surface area contributed by atoms with Crippen LogP contribution in [0.25, 0.3) is 10.9 Å². The van der Waals surface area contributed by atoms with Crippen LogP contribution in [0.4, 0.5) is 4.79 Å². The van der Waals surface area contributed by atoms with Gasteiger partial charge in [0.1, 0.15) is 24.2 Å². The fraction of sp³-hybridized carbons (Fsp3) is 0.408. The van der Waals surface area contributed by atoms with Gasteiger partial charge in [-0.1, -0.05) is 73.5 Å². The summed E-state index contributed by atoms with van der Waals surface area (Å²) in [6.07, 6.45) is 6.14. The van der Waals surface area contributed by atoms with Crippen molar-refractivity contribution in [3.63, 3.8) is 0 Å². The Morgan fingerprint density at radius 1 is 0.885 bits per heavy atom. The highest BCUT2D eigenvalue weighted by molar-refractivity contribution is 5.94. The van der Waals surface area contributed by atoms with Crippen molar-refractivity contribution in [2.24, 2.45) is 11.8 Å². The van der Waals surface area contributed by atoms with Crippen LogP contribution in [0.3, 0.4) is 0 Å². The predicted octanol–water partition coefficient (Wildman–Crippen LogP) is 7.07. The van der Waals surface area contributed by atoms with Crippen LogP contribution in [0, 0.1) is 11.8 Å². The van der Waals surface area contributed by atoms with Gasteiger partial charge in [-0.15, -0.1) is 0 Å². The molecule has 3 atom stereocenters. The number of nitrogens with zero attached hydrogens (tertiary/aromatic N) is 2. The molecule has 2 amide bonds. The molecule has 0 spiro atoms. The Hall–Kier alpha value is -5.69. The van der Waals surface area contributed by atoms with Crippen molar-refractivity contribution in [1.29, 1.82) is 0 Å². The lowest BCUT2D eigenvalue weighted by atomic mass is 9.86. The molecule has 5 N–H and O–H groups in total. The maximum atomic E-state index is 13.9. The maximum absolute atomic E-state index is 13.9. The summed E-state index contributed by atoms with van der Waals surface area (Å²) in [6, 6.07) is 31.0. The van der Waals surface area contributed by atoms with Crippen LogP contribution in [0.15, 0.2) is 108 Å². The number of nitrogens with one attached hydrogen (secondary N) is 3. The molecule has 3 saturated heterocycles. The summed E-state index contributed by atoms with van der Waals surface area (Å²) in [6.45, 7) is 5.45. The molecule has 4 aromatic carbocycles. The Balaban J connectivity index is 0.855. The third-order valence-electron chi connectivity index (χ3n) is 12.7. The second kappa shape index (κ2) is 19.8. The molecule has 1 saturated carbocycles. The third kappa shape index (κ3) is 10.6. The number of piperidine rings is 3. The van der Waals surface area contributed by atoms with Crippen LogP contribution in [0.5, 0.6) is 11.5 Å². The molecule has 4 fully saturated rings. The van der Waals surface area contributed by atoms with Crippen LogP contribution in [-0.4, -0.2) is 88.9 Å². The zero-order chi connectivity index (χ0) is 42.1. The SMILES string of the molecule is O=C(N[C@@H](c1ccccc1)c1cccc(OCc2ccc(C(=O)N(CCCNCC(O)c3ccc(O)c4[nH]c(=O)ccc34)CC3CCCC3)cc2)c1)OC1CN2CCC1CC2. The highest BCUT2D eigenvalue weighted by Gasteiger charge is 2.37. The van der Waals surface area contributed by atoms with E-state index in [0.29, 0.717) is 65.7 Å². The Morgan fingerprint density at radius 3 is 2.41 bits per heavy atom. The molecule has 5 aromatic rings. The number of pyridine rings is 1. The third-order valence-corrected chi connectivity index (χ3v) is 12.7. The number of aliphatic hydroxyl groups is 1. The van der Waals surface area contributed by atoms with Gasteiger partial charge >= 0.3 is 6.09 Å². The summed E-state index contributed by atoms with van der Waals surface area (Å²) < 4.78 is 12.3. The second-order valence-corrected chi connectivity index (χ2v) is 16.9. The highest BCUT2D eigenvalue weighted by atomic mass is 16.6. The molecule has 9 rings (SSSR count). The van der Waals surface area contributed by atoms with E-state index in [0.717, 1.165) is 68.6 Å². The Bertz CT molecular complexity index is 2300. The molecule has 4 heterocycles. The van der Waals surface area contributed by atoms with Gasteiger partial charge < -0.3 is 40.2 Å². The minimum atomic E-state index is -0.852. The Morgan fingerprint density at radius 2 is 1.66 bits per heavy atom. The first-order chi connectivity index (χ1) is 29.8. The number of phenols is 1. The van der Waals surface area contributed by atoms with Crippen molar-refractivity contribution in [2.45, 2.75) is 69.8 Å². The summed E-state index contributed by atoms with van der Waals surface area (Å²) in [7, 11) is 0. The van der Waals surface area contributed by atoms with Crippen LogP contribution >= 0.6 is 0 Å². The Labute approximate surface area is 356 Å². The standard InChI is InChI=1S/C49H57N5O7/c55-42-20-18-40(41-19-21-45(57)51-47(41)42)43(56)29-50-24-7-25-54(30-33-8-4-5-9-33)48(58)37-16-14-34(15-17-37)32-60-39-13-6-12-38(28-39)46(36-10-2-1-3-11-36)52-49(59)61-44-31-53-26-22-35(44)23-27-53/h1-3,6,10-21,28,33,35,43-44,46,50,55-56H,4-5,7-9,22-27,29-32H2,(H,51,57)(H,52,59)/t43?,44?,46-/m0/s1. The number of aromatic hydroxyl groups is 1. The molecule has 1 aromatic heterocycles. The van der Waals surface area contributed by atoms with Crippen LogP contribution in [0.1, 0.15) is 89.7 Å². The Kier molecular flexibility index (Phi) is 13.6. The number of hydrogen-bond donors (Lipinski definition) is 5. The number of aromatic nitrogens is 1. The summed E-state index contributed by atoms with van der Waals surface area (Å²) in [5.74, 6) is 1.54. The molecule has 2 unspecified atom stereocenters. The summed E-state index contributed by atoms with van der Waals surface area (Å²) >= 11 is 0. The number of phenolic OH excluding ortho intramolecular Hbond substituents is 1. The minimum absolute atomic E-state index is 0.00291. The summed E-state index contributed by atoms with van der Waals surface area (Å²) in [5.41, 5.74) is 3.98. The normalized spacial score (nSPS) is 19.7. The number of amides is 2. The number of hydrogen-bond acceptors (Lipinski definition) is 9. The van der Waals surface area contributed by atoms with Gasteiger partial charge in [0.25, 0.3) is 5.91 Å². The van der Waals surface area contributed by atoms with Crippen molar-refractivity contribution in [1.82, 2.24) is 25.4 Å². The molecule has 320 valence electrons. The van der Waals surface area contributed by atoms with Gasteiger partial charge in [0.15, 0.2) is 0 Å². The van der Waals surface area contributed by atoms with Crippen molar-refractivity contribution in [3.8, 4) is 11.5 Å². The first kappa shape index (κ1) is 42.0. The van der Waals surface area contributed by atoms with Gasteiger partial charge in [0.05, 0.1) is 17.7 Å². The molecular formula is C49H57N5O7. The molecule has 12 nitrogen and oxygen atoms in total. The molecule has 1 aliphatic carbocycles. The van der Waals surface area contributed by atoms with Gasteiger partial charge in [-0.05, 0) is 122 Å². The lowest BCUT2D eigenvalue weighted by Gasteiger charge is -2.43. The number of rotatable bonds is 17. The van der Waals surface area contributed by atoms with E-state index in [1.54, 1.807) is 12.1 Å². The topological polar surface area (TPSA) is 156 Å². The van der Waals surface area contributed by atoms with Crippen LogP contribution in [-0.2, 0) is 11.3 Å². The summed E-state index contributed by atoms with van der Waals surface area (Å²) in [5, 5.41) is 28.2. The number of alkyl carbamates (subject to hydrolysis) is 1. The van der Waals surface area contributed by atoms with Gasteiger partial charge in [0, 0.05) is 43.2 Å². The van der Waals surface area contributed by atoms with E-state index >= 15 is 0 Å². The molecule has 12 heteroatoms. The minimum Gasteiger partial charge on any atom is -0.506 e. The molecule has 4 aliphatic rings. The van der Waals surface area contributed by atoms with E-state index in [2.05, 4.69) is 20.5 Å². The van der Waals surface area contributed by atoms with Gasteiger partial charge in [0.2, 0.25) is 5.56 Å². The number of fused-ring (bicyclic) bond motifs is 4. The molecule has 61 heavy (non-hydrogen) atoms. The zero-order valence-electron chi connectivity index (χ0n) is 34.6. The molecular weight excluding hydrogens is 771 g/mol. The van der Waals surface area contributed by atoms with E-state index in [1.165, 1.54) is 25.0 Å². The van der Waals surface area contributed by atoms with E-state index < -0.39 is 18.2 Å². The lowest BCUT2D eigenvalue weighted by Crippen LogP contribution is -2.52. The first-order valence-corrected chi connectivity index (χ1v) is 21.9. The fourth-order valence-electron chi connectivity index (χ4n) is 9.29. The smallest absolute Gasteiger partial charge is 0.408 e. The zero-order valence-corrected chi connectivity index (χ0v) is 34.6. The summed E-state index contributed by atoms with van der Waals surface area (Å²) in [4.78, 5) is 46.0. The van der Waals surface area contributed by atoms with E-state index in [-0.39, 0.29) is 29.9 Å². The molecule has 0 radical (unpaired) electrons. The number of carbonyl (C=O) groups is 2. The van der Waals surface area contributed by atoms with Crippen molar-refractivity contribution in [2.75, 3.05) is 45.8 Å². The average molecular weight is 828 g/mol. The first-order valence-electron chi connectivity index (χ1n) is 21.9. The largest absolute Gasteiger partial charge is 0.506 e. The average Bonchev–Trinajstić information content (AvgIpc) is 3.81. The van der Waals surface area contributed by atoms with Gasteiger partial charge in [-0.25, -0.2) is 4.79 Å². The van der Waals surface area contributed by atoms with Crippen molar-refractivity contribution in [3.05, 3.63) is 141 Å². The fourth-order valence-corrected chi connectivity index (χ4v) is 9.29. The van der Waals surface area contributed by atoms with E-state index in [1.807, 2.05) is 83.8 Å². The highest BCUT2D eigenvalue weighted by Crippen LogP contribution is 2.32. The number of carbonyl (C=O) groups excluding carboxylic acids is 2. The predicted molar refractivity (Wildman–Crippen MR) is 235 cm³/mol. The maximum Gasteiger partial charge on any atom is 0.408 e. The lowest BCUT2D eigenvalue weighted by molar-refractivity contribution is -0.0336. The monoisotopic (exact) mass is 827 g/mol. The van der Waals surface area contributed by atoms with Crippen molar-refractivity contribution < 1.29 is 29.3 Å².